The Balaban J connectivity index is 2.06. The van der Waals surface area contributed by atoms with Crippen molar-refractivity contribution in [2.75, 3.05) is 19.6 Å². The van der Waals surface area contributed by atoms with Gasteiger partial charge in [-0.2, -0.15) is 13.1 Å². The van der Waals surface area contributed by atoms with Gasteiger partial charge >= 0.3 is 0 Å². The Morgan fingerprint density at radius 2 is 1.76 bits per heavy atom. The minimum atomic E-state index is -3.44. The van der Waals surface area contributed by atoms with Crippen molar-refractivity contribution in [3.8, 4) is 0 Å². The molecule has 1 fully saturated rings. The van der Waals surface area contributed by atoms with Crippen molar-refractivity contribution in [1.82, 2.24) is 14.3 Å². The standard InChI is InChI=1S/C15H25N3O2S/c1-13(2)17-21(19,20)16-12-15(18-10-6-7-11-18)14-8-4-3-5-9-14/h3-5,8-9,13,15-17H,6-7,10-12H2,1-2H3. The van der Waals surface area contributed by atoms with E-state index in [1.165, 1.54) is 12.8 Å². The summed E-state index contributed by atoms with van der Waals surface area (Å²) in [6.45, 7) is 6.08. The second kappa shape index (κ2) is 7.35. The zero-order valence-electron chi connectivity index (χ0n) is 12.7. The molecule has 2 rings (SSSR count). The van der Waals surface area contributed by atoms with Crippen LogP contribution in [0.25, 0.3) is 0 Å². The van der Waals surface area contributed by atoms with Gasteiger partial charge < -0.3 is 0 Å². The van der Waals surface area contributed by atoms with Crippen molar-refractivity contribution in [2.45, 2.75) is 38.8 Å². The van der Waals surface area contributed by atoms with E-state index in [0.29, 0.717) is 6.54 Å². The van der Waals surface area contributed by atoms with Crippen LogP contribution in [0.1, 0.15) is 38.3 Å². The Morgan fingerprint density at radius 3 is 2.33 bits per heavy atom. The third-order valence-electron chi connectivity index (χ3n) is 3.62. The number of rotatable bonds is 7. The maximum Gasteiger partial charge on any atom is 0.277 e. The summed E-state index contributed by atoms with van der Waals surface area (Å²) in [6, 6.07) is 10.1. The molecule has 0 amide bonds. The zero-order valence-corrected chi connectivity index (χ0v) is 13.6. The maximum atomic E-state index is 12.0. The number of likely N-dealkylation sites (tertiary alicyclic amines) is 1. The first kappa shape index (κ1) is 16.4. The van der Waals surface area contributed by atoms with E-state index < -0.39 is 10.2 Å². The van der Waals surface area contributed by atoms with Crippen LogP contribution in [0.3, 0.4) is 0 Å². The fourth-order valence-corrected chi connectivity index (χ4v) is 3.81. The largest absolute Gasteiger partial charge is 0.295 e. The van der Waals surface area contributed by atoms with Gasteiger partial charge in [-0.1, -0.05) is 30.3 Å². The van der Waals surface area contributed by atoms with Gasteiger partial charge in [-0.3, -0.25) is 4.90 Å². The molecule has 1 aromatic rings. The summed E-state index contributed by atoms with van der Waals surface area (Å²) in [7, 11) is -3.44. The molecule has 118 valence electrons. The van der Waals surface area contributed by atoms with Gasteiger partial charge in [0.05, 0.1) is 0 Å². The molecule has 0 spiro atoms. The van der Waals surface area contributed by atoms with Gasteiger partial charge in [0.2, 0.25) is 0 Å². The summed E-state index contributed by atoms with van der Waals surface area (Å²) >= 11 is 0. The van der Waals surface area contributed by atoms with Crippen LogP contribution in [-0.2, 0) is 10.2 Å². The molecule has 0 radical (unpaired) electrons. The summed E-state index contributed by atoms with van der Waals surface area (Å²) in [5.41, 5.74) is 1.16. The van der Waals surface area contributed by atoms with Crippen molar-refractivity contribution in [3.63, 3.8) is 0 Å². The van der Waals surface area contributed by atoms with Gasteiger partial charge in [-0.05, 0) is 45.3 Å². The average Bonchev–Trinajstić information content (AvgIpc) is 2.92. The number of nitrogens with zero attached hydrogens (tertiary/aromatic N) is 1. The molecule has 0 saturated carbocycles. The van der Waals surface area contributed by atoms with E-state index in [4.69, 9.17) is 0 Å². The molecule has 1 heterocycles. The molecule has 1 aromatic carbocycles. The second-order valence-electron chi connectivity index (χ2n) is 5.79. The van der Waals surface area contributed by atoms with E-state index in [-0.39, 0.29) is 12.1 Å². The van der Waals surface area contributed by atoms with Crippen LogP contribution in [0, 0.1) is 0 Å². The van der Waals surface area contributed by atoms with E-state index in [1.807, 2.05) is 32.0 Å². The van der Waals surface area contributed by atoms with Crippen molar-refractivity contribution >= 4 is 10.2 Å². The van der Waals surface area contributed by atoms with E-state index in [9.17, 15) is 8.42 Å². The molecule has 1 saturated heterocycles. The number of hydrogen-bond donors (Lipinski definition) is 2. The number of nitrogens with one attached hydrogen (secondary N) is 2. The summed E-state index contributed by atoms with van der Waals surface area (Å²) in [4.78, 5) is 2.35. The Labute approximate surface area is 127 Å². The number of benzene rings is 1. The smallest absolute Gasteiger partial charge is 0.277 e. The van der Waals surface area contributed by atoms with E-state index >= 15 is 0 Å². The second-order valence-corrected chi connectivity index (χ2v) is 7.33. The zero-order chi connectivity index (χ0) is 15.3. The van der Waals surface area contributed by atoms with Crippen molar-refractivity contribution in [2.24, 2.45) is 0 Å². The van der Waals surface area contributed by atoms with Crippen molar-refractivity contribution < 1.29 is 8.42 Å². The molecule has 1 aliphatic heterocycles. The van der Waals surface area contributed by atoms with E-state index in [1.54, 1.807) is 0 Å². The lowest BCUT2D eigenvalue weighted by atomic mass is 10.1. The van der Waals surface area contributed by atoms with Crippen LogP contribution in [-0.4, -0.2) is 39.0 Å². The van der Waals surface area contributed by atoms with Crippen molar-refractivity contribution in [1.29, 1.82) is 0 Å². The fourth-order valence-electron chi connectivity index (χ4n) is 2.73. The van der Waals surface area contributed by atoms with Crippen LogP contribution in [0.15, 0.2) is 30.3 Å². The first-order chi connectivity index (χ1) is 9.98. The van der Waals surface area contributed by atoms with E-state index in [0.717, 1.165) is 18.7 Å². The molecule has 6 heteroatoms. The highest BCUT2D eigenvalue weighted by Gasteiger charge is 2.25. The van der Waals surface area contributed by atoms with Gasteiger partial charge in [-0.25, -0.2) is 4.72 Å². The predicted molar refractivity (Wildman–Crippen MR) is 85.2 cm³/mol. The molecule has 0 aromatic heterocycles. The Bertz CT molecular complexity index is 525. The molecule has 1 aliphatic rings. The quantitative estimate of drug-likeness (QED) is 0.805. The molecular formula is C15H25N3O2S. The Kier molecular flexibility index (Phi) is 5.75. The third kappa shape index (κ3) is 5.07. The maximum absolute atomic E-state index is 12.0. The van der Waals surface area contributed by atoms with Crippen LogP contribution in [0.5, 0.6) is 0 Å². The van der Waals surface area contributed by atoms with Gasteiger partial charge in [-0.15, -0.1) is 0 Å². The normalized spacial score (nSPS) is 18.2. The highest BCUT2D eigenvalue weighted by Crippen LogP contribution is 2.24. The van der Waals surface area contributed by atoms with Crippen LogP contribution < -0.4 is 9.44 Å². The molecule has 5 nitrogen and oxygen atoms in total. The Morgan fingerprint density at radius 1 is 1.14 bits per heavy atom. The number of hydrogen-bond acceptors (Lipinski definition) is 3. The monoisotopic (exact) mass is 311 g/mol. The molecule has 1 atom stereocenters. The molecule has 2 N–H and O–H groups in total. The molecule has 0 aliphatic carbocycles. The highest BCUT2D eigenvalue weighted by molar-refractivity contribution is 7.87. The summed E-state index contributed by atoms with van der Waals surface area (Å²) in [5.74, 6) is 0. The van der Waals surface area contributed by atoms with Crippen LogP contribution >= 0.6 is 0 Å². The lowest BCUT2D eigenvalue weighted by Crippen LogP contribution is -2.44. The highest BCUT2D eigenvalue weighted by atomic mass is 32.2. The lowest BCUT2D eigenvalue weighted by Gasteiger charge is -2.28. The molecule has 0 bridgehead atoms. The third-order valence-corrected chi connectivity index (χ3v) is 4.95. The Hall–Kier alpha value is -0.950. The predicted octanol–water partition coefficient (Wildman–Crippen LogP) is 1.66. The van der Waals surface area contributed by atoms with Gasteiger partial charge in [0.1, 0.15) is 0 Å². The molecule has 1 unspecified atom stereocenters. The minimum Gasteiger partial charge on any atom is -0.295 e. The topological polar surface area (TPSA) is 61.4 Å². The van der Waals surface area contributed by atoms with Crippen LogP contribution in [0.2, 0.25) is 0 Å². The van der Waals surface area contributed by atoms with E-state index in [2.05, 4.69) is 26.5 Å². The summed E-state index contributed by atoms with van der Waals surface area (Å²) in [6.07, 6.45) is 2.36. The summed E-state index contributed by atoms with van der Waals surface area (Å²) in [5, 5.41) is 0. The first-order valence-corrected chi connectivity index (χ1v) is 9.02. The SMILES string of the molecule is CC(C)NS(=O)(=O)NCC(c1ccccc1)N1CCCC1. The van der Waals surface area contributed by atoms with Gasteiger partial charge in [0.15, 0.2) is 0 Å². The molecule has 21 heavy (non-hydrogen) atoms. The van der Waals surface area contributed by atoms with Crippen LogP contribution in [0.4, 0.5) is 0 Å². The first-order valence-electron chi connectivity index (χ1n) is 7.54. The minimum absolute atomic E-state index is 0.0948. The van der Waals surface area contributed by atoms with Gasteiger partial charge in [0.25, 0.3) is 10.2 Å². The summed E-state index contributed by atoms with van der Waals surface area (Å²) < 4.78 is 29.1. The van der Waals surface area contributed by atoms with Gasteiger partial charge in [0, 0.05) is 18.6 Å². The average molecular weight is 311 g/mol. The fraction of sp³-hybridized carbons (Fsp3) is 0.600. The van der Waals surface area contributed by atoms with Crippen molar-refractivity contribution in [3.05, 3.63) is 35.9 Å². The molecular weight excluding hydrogens is 286 g/mol. The lowest BCUT2D eigenvalue weighted by molar-refractivity contribution is 0.246.